The lowest BCUT2D eigenvalue weighted by Crippen LogP contribution is -2.12. The first-order valence-electron chi connectivity index (χ1n) is 4.86. The molecular weight excluding hydrogens is 224 g/mol. The maximum absolute atomic E-state index is 10.8. The molecule has 0 heterocycles. The van der Waals surface area contributed by atoms with Gasteiger partial charge >= 0.3 is 5.97 Å². The summed E-state index contributed by atoms with van der Waals surface area (Å²) >= 11 is 0. The lowest BCUT2D eigenvalue weighted by Gasteiger charge is -2.10. The minimum absolute atomic E-state index is 0.0646. The summed E-state index contributed by atoms with van der Waals surface area (Å²) in [6.07, 6.45) is 1.64. The molecule has 0 saturated carbocycles. The van der Waals surface area contributed by atoms with Gasteiger partial charge in [0.15, 0.2) is 0 Å². The molecule has 0 amide bonds. The highest BCUT2D eigenvalue weighted by atomic mass is 16.6. The Morgan fingerprint density at radius 3 is 2.76 bits per heavy atom. The summed E-state index contributed by atoms with van der Waals surface area (Å²) in [6.45, 7) is 5.39. The summed E-state index contributed by atoms with van der Waals surface area (Å²) in [4.78, 5) is 20.8. The van der Waals surface area contributed by atoms with Crippen molar-refractivity contribution in [3.8, 4) is 0 Å². The Balaban J connectivity index is 3.14. The van der Waals surface area contributed by atoms with Gasteiger partial charge in [0.05, 0.1) is 4.92 Å². The zero-order valence-corrected chi connectivity index (χ0v) is 9.21. The van der Waals surface area contributed by atoms with Gasteiger partial charge in [-0.25, -0.2) is 4.79 Å². The fourth-order valence-corrected chi connectivity index (χ4v) is 1.28. The van der Waals surface area contributed by atoms with Crippen LogP contribution in [-0.4, -0.2) is 22.0 Å². The summed E-state index contributed by atoms with van der Waals surface area (Å²) in [7, 11) is 0. The smallest absolute Gasteiger partial charge is 0.342 e. The van der Waals surface area contributed by atoms with Gasteiger partial charge in [0.25, 0.3) is 5.69 Å². The Labute approximate surface area is 97.7 Å². The third kappa shape index (κ3) is 3.04. The molecule has 6 heteroatoms. The first-order chi connectivity index (χ1) is 7.95. The number of nitrogens with zero attached hydrogens (tertiary/aromatic N) is 1. The summed E-state index contributed by atoms with van der Waals surface area (Å²) in [5, 5.41) is 22.5. The molecule has 0 spiro atoms. The van der Waals surface area contributed by atoms with Crippen molar-refractivity contribution in [3.05, 3.63) is 46.5 Å². The first-order valence-corrected chi connectivity index (χ1v) is 4.86. The minimum Gasteiger partial charge on any atom is -0.477 e. The SMILES string of the molecule is C=CC(C)Nc1ccc(C(=O)O)c([N+](=O)[O-])c1. The van der Waals surface area contributed by atoms with Crippen molar-refractivity contribution in [2.75, 3.05) is 5.32 Å². The maximum atomic E-state index is 10.8. The molecule has 1 aromatic carbocycles. The van der Waals surface area contributed by atoms with Crippen LogP contribution in [0.2, 0.25) is 0 Å². The standard InChI is InChI=1S/C11H12N2O4/c1-3-7(2)12-8-4-5-9(11(14)15)10(6-8)13(16)17/h3-7,12H,1H2,2H3,(H,14,15). The van der Waals surface area contributed by atoms with Crippen LogP contribution in [0.4, 0.5) is 11.4 Å². The Morgan fingerprint density at radius 1 is 1.65 bits per heavy atom. The molecule has 2 N–H and O–H groups in total. The van der Waals surface area contributed by atoms with E-state index in [1.807, 2.05) is 6.92 Å². The number of carboxylic acid groups (broad SMARTS) is 1. The molecular formula is C11H12N2O4. The Kier molecular flexibility index (Phi) is 3.82. The Morgan fingerprint density at radius 2 is 2.29 bits per heavy atom. The van der Waals surface area contributed by atoms with E-state index in [-0.39, 0.29) is 11.6 Å². The van der Waals surface area contributed by atoms with Crippen molar-refractivity contribution >= 4 is 17.3 Å². The molecule has 0 aliphatic heterocycles. The van der Waals surface area contributed by atoms with Crippen LogP contribution >= 0.6 is 0 Å². The number of anilines is 1. The number of nitro groups is 1. The summed E-state index contributed by atoms with van der Waals surface area (Å²) < 4.78 is 0. The zero-order chi connectivity index (χ0) is 13.0. The normalized spacial score (nSPS) is 11.6. The number of nitro benzene ring substituents is 1. The second-order valence-electron chi connectivity index (χ2n) is 3.46. The molecule has 17 heavy (non-hydrogen) atoms. The molecule has 0 radical (unpaired) electrons. The number of aromatic carboxylic acids is 1. The molecule has 0 bridgehead atoms. The van der Waals surface area contributed by atoms with E-state index in [1.54, 1.807) is 6.08 Å². The average molecular weight is 236 g/mol. The van der Waals surface area contributed by atoms with Crippen LogP contribution in [0.15, 0.2) is 30.9 Å². The van der Waals surface area contributed by atoms with Gasteiger partial charge < -0.3 is 10.4 Å². The minimum atomic E-state index is -1.32. The van der Waals surface area contributed by atoms with E-state index in [0.717, 1.165) is 0 Å². The predicted octanol–water partition coefficient (Wildman–Crippen LogP) is 2.28. The lowest BCUT2D eigenvalue weighted by molar-refractivity contribution is -0.385. The van der Waals surface area contributed by atoms with E-state index in [0.29, 0.717) is 5.69 Å². The van der Waals surface area contributed by atoms with Gasteiger partial charge in [-0.2, -0.15) is 0 Å². The van der Waals surface area contributed by atoms with E-state index < -0.39 is 16.6 Å². The molecule has 0 aromatic heterocycles. The molecule has 90 valence electrons. The molecule has 0 aliphatic rings. The third-order valence-corrected chi connectivity index (χ3v) is 2.17. The summed E-state index contributed by atoms with van der Waals surface area (Å²) in [6, 6.07) is 3.82. The van der Waals surface area contributed by atoms with Crippen LogP contribution in [0.3, 0.4) is 0 Å². The molecule has 1 aromatic rings. The molecule has 1 rings (SSSR count). The fraction of sp³-hybridized carbons (Fsp3) is 0.182. The van der Waals surface area contributed by atoms with E-state index in [1.165, 1.54) is 18.2 Å². The van der Waals surface area contributed by atoms with Crippen LogP contribution in [0.1, 0.15) is 17.3 Å². The zero-order valence-electron chi connectivity index (χ0n) is 9.21. The van der Waals surface area contributed by atoms with Crippen LogP contribution in [0.5, 0.6) is 0 Å². The van der Waals surface area contributed by atoms with Crippen molar-refractivity contribution in [2.45, 2.75) is 13.0 Å². The number of rotatable bonds is 5. The van der Waals surface area contributed by atoms with E-state index in [2.05, 4.69) is 11.9 Å². The highest BCUT2D eigenvalue weighted by molar-refractivity contribution is 5.93. The fourth-order valence-electron chi connectivity index (χ4n) is 1.28. The predicted molar refractivity (Wildman–Crippen MR) is 63.3 cm³/mol. The highest BCUT2D eigenvalue weighted by Crippen LogP contribution is 2.23. The molecule has 0 fully saturated rings. The second-order valence-corrected chi connectivity index (χ2v) is 3.46. The number of hydrogen-bond acceptors (Lipinski definition) is 4. The number of benzene rings is 1. The van der Waals surface area contributed by atoms with Gasteiger partial charge in [0.2, 0.25) is 0 Å². The second kappa shape index (κ2) is 5.11. The van der Waals surface area contributed by atoms with Crippen LogP contribution in [0, 0.1) is 10.1 Å². The van der Waals surface area contributed by atoms with Crippen molar-refractivity contribution in [3.63, 3.8) is 0 Å². The van der Waals surface area contributed by atoms with Gasteiger partial charge in [-0.3, -0.25) is 10.1 Å². The average Bonchev–Trinajstić information content (AvgIpc) is 2.28. The summed E-state index contributed by atoms with van der Waals surface area (Å²) in [5.41, 5.74) is -0.278. The van der Waals surface area contributed by atoms with E-state index in [9.17, 15) is 14.9 Å². The van der Waals surface area contributed by atoms with E-state index >= 15 is 0 Å². The number of carboxylic acids is 1. The highest BCUT2D eigenvalue weighted by Gasteiger charge is 2.20. The van der Waals surface area contributed by atoms with Crippen molar-refractivity contribution < 1.29 is 14.8 Å². The molecule has 1 unspecified atom stereocenters. The molecule has 6 nitrogen and oxygen atoms in total. The topological polar surface area (TPSA) is 92.5 Å². The quantitative estimate of drug-likeness (QED) is 0.464. The van der Waals surface area contributed by atoms with Gasteiger partial charge in [-0.05, 0) is 19.1 Å². The van der Waals surface area contributed by atoms with Crippen molar-refractivity contribution in [1.82, 2.24) is 0 Å². The first kappa shape index (κ1) is 12.7. The maximum Gasteiger partial charge on any atom is 0.342 e. The Bertz CT molecular complexity index is 471. The number of hydrogen-bond donors (Lipinski definition) is 2. The largest absolute Gasteiger partial charge is 0.477 e. The van der Waals surface area contributed by atoms with Crippen molar-refractivity contribution in [2.24, 2.45) is 0 Å². The van der Waals surface area contributed by atoms with E-state index in [4.69, 9.17) is 5.11 Å². The monoisotopic (exact) mass is 236 g/mol. The molecule has 0 saturated heterocycles. The van der Waals surface area contributed by atoms with Gasteiger partial charge in [0.1, 0.15) is 5.56 Å². The van der Waals surface area contributed by atoms with Crippen LogP contribution in [0.25, 0.3) is 0 Å². The summed E-state index contributed by atoms with van der Waals surface area (Å²) in [5.74, 6) is -1.32. The molecule has 0 aliphatic carbocycles. The van der Waals surface area contributed by atoms with Crippen molar-refractivity contribution in [1.29, 1.82) is 0 Å². The van der Waals surface area contributed by atoms with Gasteiger partial charge in [0, 0.05) is 17.8 Å². The lowest BCUT2D eigenvalue weighted by atomic mass is 10.1. The van der Waals surface area contributed by atoms with Crippen LogP contribution in [-0.2, 0) is 0 Å². The van der Waals surface area contributed by atoms with Crippen LogP contribution < -0.4 is 5.32 Å². The van der Waals surface area contributed by atoms with Gasteiger partial charge in [-0.1, -0.05) is 6.08 Å². The number of carbonyl (C=O) groups is 1. The molecule has 1 atom stereocenters. The third-order valence-electron chi connectivity index (χ3n) is 2.17. The van der Waals surface area contributed by atoms with Gasteiger partial charge in [-0.15, -0.1) is 6.58 Å². The Hall–Kier alpha value is -2.37. The number of nitrogens with one attached hydrogen (secondary N) is 1.